The first-order chi connectivity index (χ1) is 14.9. The lowest BCUT2D eigenvalue weighted by molar-refractivity contribution is -0.153. The topological polar surface area (TPSA) is 102 Å². The summed E-state index contributed by atoms with van der Waals surface area (Å²) >= 11 is 0. The van der Waals surface area contributed by atoms with Crippen LogP contribution in [0.1, 0.15) is 25.3 Å². The molecule has 1 aromatic carbocycles. The van der Waals surface area contributed by atoms with Gasteiger partial charge in [0, 0.05) is 19.5 Å². The number of hydrogen-bond donors (Lipinski definition) is 1. The Hall–Kier alpha value is -2.34. The molecule has 0 bridgehead atoms. The number of carbonyl (C=O) groups excluding carboxylic acids is 2. The van der Waals surface area contributed by atoms with Crippen molar-refractivity contribution in [3.8, 4) is 0 Å². The molecule has 0 spiro atoms. The van der Waals surface area contributed by atoms with Crippen LogP contribution < -0.4 is 10.2 Å². The Morgan fingerprint density at radius 1 is 1.28 bits per heavy atom. The summed E-state index contributed by atoms with van der Waals surface area (Å²) in [7, 11) is -3.15. The van der Waals surface area contributed by atoms with Crippen LogP contribution in [0.5, 0.6) is 0 Å². The van der Waals surface area contributed by atoms with E-state index < -0.39 is 39.6 Å². The number of carbonyl (C=O) groups is 2. The van der Waals surface area contributed by atoms with Crippen molar-refractivity contribution in [3.63, 3.8) is 0 Å². The second-order valence-electron chi connectivity index (χ2n) is 7.92. The number of benzene rings is 1. The number of anilines is 2. The number of nitrogens with one attached hydrogen (secondary N) is 1. The van der Waals surface area contributed by atoms with E-state index in [0.29, 0.717) is 38.4 Å². The summed E-state index contributed by atoms with van der Waals surface area (Å²) < 4.78 is 73.0. The first kappa shape index (κ1) is 24.3. The molecule has 0 saturated carbocycles. The number of hydrogen-bond acceptors (Lipinski definition) is 7. The molecule has 2 heterocycles. The fourth-order valence-corrected chi connectivity index (χ4v) is 5.56. The van der Waals surface area contributed by atoms with E-state index in [0.717, 1.165) is 12.1 Å². The van der Waals surface area contributed by atoms with Gasteiger partial charge in [-0.3, -0.25) is 9.59 Å². The zero-order valence-electron chi connectivity index (χ0n) is 17.5. The normalized spacial score (nSPS) is 21.8. The third kappa shape index (κ3) is 6.35. The fourth-order valence-electron chi connectivity index (χ4n) is 3.69. The average Bonchev–Trinajstić information content (AvgIpc) is 3.05. The molecule has 0 aliphatic carbocycles. The molecule has 32 heavy (non-hydrogen) atoms. The van der Waals surface area contributed by atoms with E-state index in [9.17, 15) is 31.2 Å². The zero-order valence-corrected chi connectivity index (χ0v) is 18.3. The van der Waals surface area contributed by atoms with Crippen molar-refractivity contribution in [2.75, 3.05) is 48.0 Å². The monoisotopic (exact) mass is 478 g/mol. The minimum Gasteiger partial charge on any atom is -0.453 e. The summed E-state index contributed by atoms with van der Waals surface area (Å²) in [5.74, 6) is -1.96. The second-order valence-corrected chi connectivity index (χ2v) is 10.2. The van der Waals surface area contributed by atoms with E-state index in [1.54, 1.807) is 4.90 Å². The van der Waals surface area contributed by atoms with Crippen molar-refractivity contribution in [1.29, 1.82) is 0 Å². The number of sulfone groups is 1. The predicted molar refractivity (Wildman–Crippen MR) is 110 cm³/mol. The van der Waals surface area contributed by atoms with Gasteiger partial charge in [0.25, 0.3) is 5.91 Å². The molecule has 2 aliphatic rings. The molecule has 1 aromatic rings. The lowest BCUT2D eigenvalue weighted by atomic mass is 10.1. The molecular weight excluding hydrogens is 453 g/mol. The molecular formula is C20H25F3N2O6S. The van der Waals surface area contributed by atoms with Crippen molar-refractivity contribution < 1.29 is 40.7 Å². The van der Waals surface area contributed by atoms with Gasteiger partial charge in [-0.15, -0.1) is 0 Å². The van der Waals surface area contributed by atoms with E-state index in [1.807, 2.05) is 0 Å². The first-order valence-electron chi connectivity index (χ1n) is 10.2. The van der Waals surface area contributed by atoms with Crippen LogP contribution >= 0.6 is 0 Å². The van der Waals surface area contributed by atoms with Gasteiger partial charge in [0.2, 0.25) is 0 Å². The van der Waals surface area contributed by atoms with E-state index in [4.69, 9.17) is 9.47 Å². The highest BCUT2D eigenvalue weighted by Gasteiger charge is 2.33. The van der Waals surface area contributed by atoms with Gasteiger partial charge in [-0.2, -0.15) is 13.2 Å². The Labute approximate surface area is 184 Å². The van der Waals surface area contributed by atoms with Gasteiger partial charge in [0.15, 0.2) is 15.9 Å². The smallest absolute Gasteiger partial charge is 0.416 e. The third-order valence-corrected chi connectivity index (χ3v) is 7.23. The van der Waals surface area contributed by atoms with Gasteiger partial charge in [-0.25, -0.2) is 8.42 Å². The molecule has 2 unspecified atom stereocenters. The molecule has 1 amide bonds. The number of halogens is 3. The summed E-state index contributed by atoms with van der Waals surface area (Å²) in [5, 5.41) is 2.44. The number of ether oxygens (including phenoxy) is 2. The molecule has 2 saturated heterocycles. The molecule has 2 atom stereocenters. The van der Waals surface area contributed by atoms with Crippen molar-refractivity contribution in [2.45, 2.75) is 32.0 Å². The van der Waals surface area contributed by atoms with Gasteiger partial charge in [-0.05, 0) is 37.5 Å². The van der Waals surface area contributed by atoms with Gasteiger partial charge in [0.1, 0.15) is 0 Å². The summed E-state index contributed by atoms with van der Waals surface area (Å²) in [6.45, 7) is 3.01. The number of alkyl halides is 3. The predicted octanol–water partition coefficient (Wildman–Crippen LogP) is 2.24. The Morgan fingerprint density at radius 2 is 1.97 bits per heavy atom. The Bertz CT molecular complexity index is 961. The van der Waals surface area contributed by atoms with E-state index in [1.165, 1.54) is 13.0 Å². The lowest BCUT2D eigenvalue weighted by Gasteiger charge is -2.31. The lowest BCUT2D eigenvalue weighted by Crippen LogP contribution is -2.37. The van der Waals surface area contributed by atoms with Crippen LogP contribution in [0, 0.1) is 5.92 Å². The summed E-state index contributed by atoms with van der Waals surface area (Å²) in [5.41, 5.74) is -0.558. The first-order valence-corrected chi connectivity index (χ1v) is 12.0. The van der Waals surface area contributed by atoms with Gasteiger partial charge >= 0.3 is 12.1 Å². The number of nitrogens with zero attached hydrogens (tertiary/aromatic N) is 1. The van der Waals surface area contributed by atoms with Crippen LogP contribution in [0.2, 0.25) is 0 Å². The van der Waals surface area contributed by atoms with Gasteiger partial charge in [0.05, 0.1) is 41.7 Å². The molecule has 1 N–H and O–H groups in total. The standard InChI is InChI=1S/C20H25F3N2O6S/c1-13(31-18(26)10-14-4-9-32(28,29)12-14)19(27)24-16-11-15(20(21,22)23)2-3-17(16)25-5-7-30-8-6-25/h2-3,11,13-14H,4-10,12H2,1H3,(H,24,27). The zero-order chi connectivity index (χ0) is 23.5. The molecule has 0 radical (unpaired) electrons. The molecule has 12 heteroatoms. The van der Waals surface area contributed by atoms with E-state index in [2.05, 4.69) is 5.32 Å². The van der Waals surface area contributed by atoms with Crippen LogP contribution in [0.4, 0.5) is 24.5 Å². The van der Waals surface area contributed by atoms with Crippen LogP contribution in [0.3, 0.4) is 0 Å². The number of amides is 1. The summed E-state index contributed by atoms with van der Waals surface area (Å²) in [6, 6.07) is 3.08. The number of rotatable bonds is 6. The highest BCUT2D eigenvalue weighted by Crippen LogP contribution is 2.36. The Morgan fingerprint density at radius 3 is 2.56 bits per heavy atom. The Kier molecular flexibility index (Phi) is 7.33. The van der Waals surface area contributed by atoms with Crippen molar-refractivity contribution in [2.24, 2.45) is 5.92 Å². The van der Waals surface area contributed by atoms with E-state index >= 15 is 0 Å². The summed E-state index contributed by atoms with van der Waals surface area (Å²) in [4.78, 5) is 26.5. The van der Waals surface area contributed by atoms with Gasteiger partial charge in [-0.1, -0.05) is 0 Å². The third-order valence-electron chi connectivity index (χ3n) is 5.39. The maximum atomic E-state index is 13.2. The molecule has 0 aromatic heterocycles. The number of morpholine rings is 1. The molecule has 8 nitrogen and oxygen atoms in total. The van der Waals surface area contributed by atoms with Crippen molar-refractivity contribution in [1.82, 2.24) is 0 Å². The quantitative estimate of drug-likeness (QED) is 0.626. The maximum absolute atomic E-state index is 13.2. The fraction of sp³-hybridized carbons (Fsp3) is 0.600. The van der Waals surface area contributed by atoms with E-state index in [-0.39, 0.29) is 29.5 Å². The maximum Gasteiger partial charge on any atom is 0.416 e. The minimum absolute atomic E-state index is 0.0147. The van der Waals surface area contributed by atoms with Crippen molar-refractivity contribution >= 4 is 33.1 Å². The highest BCUT2D eigenvalue weighted by atomic mass is 32.2. The van der Waals surface area contributed by atoms with Gasteiger partial charge < -0.3 is 19.7 Å². The van der Waals surface area contributed by atoms with Crippen LogP contribution in [0.25, 0.3) is 0 Å². The highest BCUT2D eigenvalue weighted by molar-refractivity contribution is 7.91. The molecule has 178 valence electrons. The van der Waals surface area contributed by atoms with Crippen LogP contribution in [-0.2, 0) is 35.1 Å². The molecule has 2 fully saturated rings. The van der Waals surface area contributed by atoms with Crippen LogP contribution in [0.15, 0.2) is 18.2 Å². The summed E-state index contributed by atoms with van der Waals surface area (Å²) in [6.07, 6.45) is -5.65. The molecule has 3 rings (SSSR count). The largest absolute Gasteiger partial charge is 0.453 e. The average molecular weight is 478 g/mol. The molecule has 2 aliphatic heterocycles. The second kappa shape index (κ2) is 9.65. The van der Waals surface area contributed by atoms with Crippen LogP contribution in [-0.4, -0.2) is 64.2 Å². The number of esters is 1. The van der Waals surface area contributed by atoms with Crippen molar-refractivity contribution in [3.05, 3.63) is 23.8 Å². The SMILES string of the molecule is CC(OC(=O)CC1CCS(=O)(=O)C1)C(=O)Nc1cc(C(F)(F)F)ccc1N1CCOCC1. The Balaban J connectivity index is 1.68. The minimum atomic E-state index is -4.59.